The molecular formula is C11H23NO3. The molecule has 90 valence electrons. The van der Waals surface area contributed by atoms with Gasteiger partial charge in [0, 0.05) is 6.61 Å². The molecule has 0 aliphatic carbocycles. The third-order valence-corrected chi connectivity index (χ3v) is 2.34. The van der Waals surface area contributed by atoms with Crippen molar-refractivity contribution in [3.63, 3.8) is 0 Å². The molecule has 0 spiro atoms. The molecule has 15 heavy (non-hydrogen) atoms. The number of ether oxygens (including phenoxy) is 2. The van der Waals surface area contributed by atoms with Gasteiger partial charge in [0.2, 0.25) is 0 Å². The van der Waals surface area contributed by atoms with Crippen LogP contribution in [0.2, 0.25) is 0 Å². The standard InChI is InChI=1S/C11H23NO3/c1-5-9(3)15-8-7-11(4,12)10(13)14-6-2/h9H,5-8,12H2,1-4H3. The first kappa shape index (κ1) is 14.4. The van der Waals surface area contributed by atoms with Crippen LogP contribution < -0.4 is 5.73 Å². The van der Waals surface area contributed by atoms with Crippen LogP contribution in [0.1, 0.15) is 40.5 Å². The second-order valence-electron chi connectivity index (χ2n) is 3.98. The molecule has 0 saturated heterocycles. The monoisotopic (exact) mass is 217 g/mol. The molecule has 0 fully saturated rings. The molecule has 2 unspecified atom stereocenters. The maximum Gasteiger partial charge on any atom is 0.325 e. The van der Waals surface area contributed by atoms with Gasteiger partial charge in [-0.3, -0.25) is 4.79 Å². The van der Waals surface area contributed by atoms with E-state index in [0.717, 1.165) is 6.42 Å². The van der Waals surface area contributed by atoms with E-state index >= 15 is 0 Å². The van der Waals surface area contributed by atoms with Crippen LogP contribution in [0, 0.1) is 0 Å². The Balaban J connectivity index is 3.87. The molecule has 0 amide bonds. The fraction of sp³-hybridized carbons (Fsp3) is 0.909. The Morgan fingerprint density at radius 3 is 2.53 bits per heavy atom. The number of rotatable bonds is 7. The number of esters is 1. The smallest absolute Gasteiger partial charge is 0.325 e. The topological polar surface area (TPSA) is 61.5 Å². The summed E-state index contributed by atoms with van der Waals surface area (Å²) in [5.41, 5.74) is 4.88. The van der Waals surface area contributed by atoms with Crippen LogP contribution in [-0.2, 0) is 14.3 Å². The molecule has 0 aromatic heterocycles. The van der Waals surface area contributed by atoms with Crippen molar-refractivity contribution in [2.45, 2.75) is 52.2 Å². The second-order valence-corrected chi connectivity index (χ2v) is 3.98. The number of hydrogen-bond acceptors (Lipinski definition) is 4. The highest BCUT2D eigenvalue weighted by Gasteiger charge is 2.29. The molecular weight excluding hydrogens is 194 g/mol. The molecule has 0 rings (SSSR count). The molecule has 0 aliphatic rings. The zero-order valence-electron chi connectivity index (χ0n) is 10.2. The lowest BCUT2D eigenvalue weighted by Gasteiger charge is -2.22. The molecule has 4 nitrogen and oxygen atoms in total. The number of carbonyl (C=O) groups is 1. The summed E-state index contributed by atoms with van der Waals surface area (Å²) in [4.78, 5) is 11.4. The van der Waals surface area contributed by atoms with Crippen LogP contribution in [0.25, 0.3) is 0 Å². The quantitative estimate of drug-likeness (QED) is 0.656. The SMILES string of the molecule is CCOC(=O)C(C)(N)CCOC(C)CC. The predicted molar refractivity (Wildman–Crippen MR) is 59.5 cm³/mol. The average molecular weight is 217 g/mol. The largest absolute Gasteiger partial charge is 0.465 e. The van der Waals surface area contributed by atoms with Gasteiger partial charge in [0.05, 0.1) is 12.7 Å². The first-order valence-corrected chi connectivity index (χ1v) is 5.51. The fourth-order valence-corrected chi connectivity index (χ4v) is 0.988. The molecule has 0 aliphatic heterocycles. The van der Waals surface area contributed by atoms with Gasteiger partial charge in [-0.25, -0.2) is 0 Å². The van der Waals surface area contributed by atoms with Gasteiger partial charge in [0.1, 0.15) is 5.54 Å². The lowest BCUT2D eigenvalue weighted by Crippen LogP contribution is -2.47. The minimum Gasteiger partial charge on any atom is -0.465 e. The molecule has 4 heteroatoms. The van der Waals surface area contributed by atoms with E-state index in [1.165, 1.54) is 0 Å². The molecule has 0 saturated carbocycles. The van der Waals surface area contributed by atoms with Gasteiger partial charge in [0.25, 0.3) is 0 Å². The van der Waals surface area contributed by atoms with Gasteiger partial charge < -0.3 is 15.2 Å². The Bertz CT molecular complexity index is 192. The summed E-state index contributed by atoms with van der Waals surface area (Å²) in [5.74, 6) is -0.363. The molecule has 2 N–H and O–H groups in total. The maximum absolute atomic E-state index is 11.4. The Kier molecular flexibility index (Phi) is 6.52. The first-order valence-electron chi connectivity index (χ1n) is 5.51. The Labute approximate surface area is 92.1 Å². The number of nitrogens with two attached hydrogens (primary N) is 1. The van der Waals surface area contributed by atoms with Gasteiger partial charge in [0.15, 0.2) is 0 Å². The van der Waals surface area contributed by atoms with Crippen molar-refractivity contribution in [2.75, 3.05) is 13.2 Å². The van der Waals surface area contributed by atoms with Gasteiger partial charge in [-0.2, -0.15) is 0 Å². The van der Waals surface area contributed by atoms with Crippen molar-refractivity contribution < 1.29 is 14.3 Å². The minimum atomic E-state index is -0.941. The van der Waals surface area contributed by atoms with E-state index in [-0.39, 0.29) is 12.1 Å². The molecule has 0 heterocycles. The van der Waals surface area contributed by atoms with Crippen LogP contribution in [0.4, 0.5) is 0 Å². The second kappa shape index (κ2) is 6.80. The van der Waals surface area contributed by atoms with E-state index in [2.05, 4.69) is 6.92 Å². The highest BCUT2D eigenvalue weighted by molar-refractivity contribution is 5.79. The van der Waals surface area contributed by atoms with Crippen LogP contribution in [0.15, 0.2) is 0 Å². The fourth-order valence-electron chi connectivity index (χ4n) is 0.988. The zero-order valence-corrected chi connectivity index (χ0v) is 10.2. The van der Waals surface area contributed by atoms with Crippen LogP contribution in [0.3, 0.4) is 0 Å². The van der Waals surface area contributed by atoms with Crippen molar-refractivity contribution >= 4 is 5.97 Å². The Hall–Kier alpha value is -0.610. The van der Waals surface area contributed by atoms with Crippen LogP contribution in [-0.4, -0.2) is 30.8 Å². The summed E-state index contributed by atoms with van der Waals surface area (Å²) in [6, 6.07) is 0. The van der Waals surface area contributed by atoms with E-state index in [4.69, 9.17) is 15.2 Å². The molecule has 0 aromatic carbocycles. The molecule has 0 radical (unpaired) electrons. The van der Waals surface area contributed by atoms with Crippen LogP contribution >= 0.6 is 0 Å². The van der Waals surface area contributed by atoms with Gasteiger partial charge in [-0.1, -0.05) is 6.92 Å². The highest BCUT2D eigenvalue weighted by Crippen LogP contribution is 2.09. The Morgan fingerprint density at radius 1 is 1.47 bits per heavy atom. The van der Waals surface area contributed by atoms with E-state index in [1.54, 1.807) is 13.8 Å². The lowest BCUT2D eigenvalue weighted by molar-refractivity contribution is -0.149. The summed E-state index contributed by atoms with van der Waals surface area (Å²) >= 11 is 0. The van der Waals surface area contributed by atoms with E-state index in [1.807, 2.05) is 6.92 Å². The minimum absolute atomic E-state index is 0.211. The summed E-state index contributed by atoms with van der Waals surface area (Å²) < 4.78 is 10.3. The predicted octanol–water partition coefficient (Wildman–Crippen LogP) is 1.47. The van der Waals surface area contributed by atoms with Crippen molar-refractivity contribution in [1.82, 2.24) is 0 Å². The van der Waals surface area contributed by atoms with Crippen molar-refractivity contribution in [1.29, 1.82) is 0 Å². The lowest BCUT2D eigenvalue weighted by atomic mass is 10.0. The van der Waals surface area contributed by atoms with Gasteiger partial charge in [-0.15, -0.1) is 0 Å². The number of hydrogen-bond donors (Lipinski definition) is 1. The van der Waals surface area contributed by atoms with Crippen LogP contribution in [0.5, 0.6) is 0 Å². The zero-order chi connectivity index (χ0) is 11.9. The molecule has 0 bridgehead atoms. The number of carbonyl (C=O) groups excluding carboxylic acids is 1. The Morgan fingerprint density at radius 2 is 2.07 bits per heavy atom. The summed E-state index contributed by atoms with van der Waals surface area (Å²) in [6.45, 7) is 8.34. The maximum atomic E-state index is 11.4. The first-order chi connectivity index (χ1) is 6.94. The van der Waals surface area contributed by atoms with E-state index < -0.39 is 5.54 Å². The summed E-state index contributed by atoms with van der Waals surface area (Å²) in [6.07, 6.45) is 1.65. The molecule has 2 atom stereocenters. The van der Waals surface area contributed by atoms with E-state index in [0.29, 0.717) is 19.6 Å². The summed E-state index contributed by atoms with van der Waals surface area (Å²) in [5, 5.41) is 0. The molecule has 0 aromatic rings. The van der Waals surface area contributed by atoms with E-state index in [9.17, 15) is 4.79 Å². The van der Waals surface area contributed by atoms with Gasteiger partial charge >= 0.3 is 5.97 Å². The third-order valence-electron chi connectivity index (χ3n) is 2.34. The average Bonchev–Trinajstić information content (AvgIpc) is 2.17. The summed E-state index contributed by atoms with van der Waals surface area (Å²) in [7, 11) is 0. The normalized spacial score (nSPS) is 16.9. The van der Waals surface area contributed by atoms with Gasteiger partial charge in [-0.05, 0) is 33.6 Å². The van der Waals surface area contributed by atoms with Crippen molar-refractivity contribution in [3.05, 3.63) is 0 Å². The third kappa shape index (κ3) is 5.74. The highest BCUT2D eigenvalue weighted by atomic mass is 16.5. The van der Waals surface area contributed by atoms with Crippen molar-refractivity contribution in [2.24, 2.45) is 5.73 Å². The van der Waals surface area contributed by atoms with Crippen molar-refractivity contribution in [3.8, 4) is 0 Å².